The molecule has 1 N–H and O–H groups in total. The van der Waals surface area contributed by atoms with Gasteiger partial charge in [-0.05, 0) is 49.4 Å². The monoisotopic (exact) mass is 414 g/mol. The molecule has 30 heavy (non-hydrogen) atoms. The van der Waals surface area contributed by atoms with Gasteiger partial charge in [-0.3, -0.25) is 0 Å². The van der Waals surface area contributed by atoms with Crippen LogP contribution < -0.4 is 5.32 Å². The highest BCUT2D eigenvalue weighted by molar-refractivity contribution is 5.74. The molecule has 7 nitrogen and oxygen atoms in total. The minimum atomic E-state index is -0.266. The number of aryl methyl sites for hydroxylation is 1. The lowest BCUT2D eigenvalue weighted by molar-refractivity contribution is 0.108. The molecular weight excluding hydrogens is 383 g/mol. The van der Waals surface area contributed by atoms with E-state index in [0.29, 0.717) is 12.5 Å². The first-order valence-electron chi connectivity index (χ1n) is 10.8. The Hall–Kier alpha value is -2.48. The number of hydrogen-bond donors (Lipinski definition) is 1. The molecule has 0 radical (unpaired) electrons. The first kappa shape index (κ1) is 20.8. The molecule has 2 aliphatic rings. The molecule has 2 saturated heterocycles. The van der Waals surface area contributed by atoms with Gasteiger partial charge in [0.2, 0.25) is 0 Å². The summed E-state index contributed by atoms with van der Waals surface area (Å²) in [6, 6.07) is 6.19. The number of likely N-dealkylation sites (N-methyl/N-ethyl adjacent to an activating group) is 1. The van der Waals surface area contributed by atoms with E-state index in [4.69, 9.17) is 0 Å². The first-order chi connectivity index (χ1) is 14.5. The van der Waals surface area contributed by atoms with Crippen LogP contribution in [0.5, 0.6) is 0 Å². The maximum Gasteiger partial charge on any atom is 0.317 e. The van der Waals surface area contributed by atoms with Gasteiger partial charge >= 0.3 is 6.03 Å². The van der Waals surface area contributed by atoms with Gasteiger partial charge in [0.05, 0.1) is 0 Å². The summed E-state index contributed by atoms with van der Waals surface area (Å²) in [5, 5.41) is 11.6. The Bertz CT molecular complexity index is 859. The van der Waals surface area contributed by atoms with Crippen molar-refractivity contribution < 1.29 is 9.18 Å². The Morgan fingerprint density at radius 2 is 2.00 bits per heavy atom. The Labute approximate surface area is 177 Å². The van der Waals surface area contributed by atoms with Crippen molar-refractivity contribution >= 4 is 6.03 Å². The van der Waals surface area contributed by atoms with Gasteiger partial charge in [0.1, 0.15) is 18.0 Å². The molecule has 0 bridgehead atoms. The number of benzene rings is 1. The maximum atomic E-state index is 13.0. The number of halogens is 1. The average molecular weight is 415 g/mol. The second-order valence-corrected chi connectivity index (χ2v) is 8.77. The zero-order valence-electron chi connectivity index (χ0n) is 17.9. The molecule has 0 aliphatic carbocycles. The van der Waals surface area contributed by atoms with Crippen LogP contribution in [0.2, 0.25) is 0 Å². The second kappa shape index (κ2) is 8.71. The van der Waals surface area contributed by atoms with Crippen LogP contribution in [0.1, 0.15) is 43.5 Å². The molecular formula is C22H31FN6O. The molecule has 1 aromatic carbocycles. The highest BCUT2D eigenvalue weighted by atomic mass is 19.1. The van der Waals surface area contributed by atoms with Gasteiger partial charge in [0, 0.05) is 45.2 Å². The van der Waals surface area contributed by atoms with Crippen molar-refractivity contribution in [1.82, 2.24) is 29.9 Å². The van der Waals surface area contributed by atoms with Crippen LogP contribution in [-0.2, 0) is 13.1 Å². The summed E-state index contributed by atoms with van der Waals surface area (Å²) in [5.41, 5.74) is 1.03. The summed E-state index contributed by atoms with van der Waals surface area (Å²) in [6.07, 6.45) is 4.83. The molecule has 2 aromatic rings. The SMILES string of the molecule is CCCn1cnnc1C1CN(C)CC12CCN(C(=O)NCc1ccc(F)cc1)CC2. The van der Waals surface area contributed by atoms with Gasteiger partial charge in [-0.2, -0.15) is 0 Å². The van der Waals surface area contributed by atoms with Gasteiger partial charge < -0.3 is 19.7 Å². The molecule has 4 rings (SSSR count). The largest absolute Gasteiger partial charge is 0.334 e. The highest BCUT2D eigenvalue weighted by Crippen LogP contribution is 2.48. The molecule has 2 fully saturated rings. The number of likely N-dealkylation sites (tertiary alicyclic amines) is 2. The average Bonchev–Trinajstić information content (AvgIpc) is 3.32. The lowest BCUT2D eigenvalue weighted by Crippen LogP contribution is -2.49. The number of amides is 2. The van der Waals surface area contributed by atoms with E-state index in [1.807, 2.05) is 11.2 Å². The lowest BCUT2D eigenvalue weighted by Gasteiger charge is -2.42. The van der Waals surface area contributed by atoms with Crippen molar-refractivity contribution in [1.29, 1.82) is 0 Å². The smallest absolute Gasteiger partial charge is 0.317 e. The second-order valence-electron chi connectivity index (χ2n) is 8.77. The minimum Gasteiger partial charge on any atom is -0.334 e. The molecule has 1 spiro atoms. The van der Waals surface area contributed by atoms with Gasteiger partial charge in [-0.1, -0.05) is 19.1 Å². The van der Waals surface area contributed by atoms with Crippen molar-refractivity contribution in [2.24, 2.45) is 5.41 Å². The lowest BCUT2D eigenvalue weighted by atomic mass is 9.70. The third-order valence-corrected chi connectivity index (χ3v) is 6.64. The van der Waals surface area contributed by atoms with Crippen LogP contribution in [0.4, 0.5) is 9.18 Å². The molecule has 0 saturated carbocycles. The summed E-state index contributed by atoms with van der Waals surface area (Å²) < 4.78 is 15.2. The van der Waals surface area contributed by atoms with Crippen LogP contribution >= 0.6 is 0 Å². The van der Waals surface area contributed by atoms with E-state index >= 15 is 0 Å². The zero-order valence-corrected chi connectivity index (χ0v) is 17.9. The van der Waals surface area contributed by atoms with Crippen molar-refractivity contribution in [2.45, 2.75) is 45.2 Å². The number of aromatic nitrogens is 3. The predicted octanol–water partition coefficient (Wildman–Crippen LogP) is 2.85. The van der Waals surface area contributed by atoms with Crippen molar-refractivity contribution in [3.63, 3.8) is 0 Å². The van der Waals surface area contributed by atoms with Crippen molar-refractivity contribution in [3.05, 3.63) is 47.8 Å². The number of carbonyl (C=O) groups excluding carboxylic acids is 1. The van der Waals surface area contributed by atoms with Crippen LogP contribution in [0.3, 0.4) is 0 Å². The number of hydrogen-bond acceptors (Lipinski definition) is 4. The molecule has 3 heterocycles. The van der Waals surface area contributed by atoms with Crippen LogP contribution in [0.25, 0.3) is 0 Å². The summed E-state index contributed by atoms with van der Waals surface area (Å²) in [5.74, 6) is 1.17. The Morgan fingerprint density at radius 3 is 2.70 bits per heavy atom. The van der Waals surface area contributed by atoms with Crippen LogP contribution in [0, 0.1) is 11.2 Å². The third-order valence-electron chi connectivity index (χ3n) is 6.64. The number of urea groups is 1. The van der Waals surface area contributed by atoms with Crippen LogP contribution in [0.15, 0.2) is 30.6 Å². The van der Waals surface area contributed by atoms with E-state index in [9.17, 15) is 9.18 Å². The fraction of sp³-hybridized carbons (Fsp3) is 0.591. The van der Waals surface area contributed by atoms with E-state index in [1.54, 1.807) is 12.1 Å². The minimum absolute atomic E-state index is 0.0498. The normalized spacial score (nSPS) is 21.3. The molecule has 2 amide bonds. The van der Waals surface area contributed by atoms with Gasteiger partial charge in [-0.25, -0.2) is 9.18 Å². The Morgan fingerprint density at radius 1 is 1.27 bits per heavy atom. The van der Waals surface area contributed by atoms with Crippen LogP contribution in [-0.4, -0.2) is 63.8 Å². The van der Waals surface area contributed by atoms with E-state index in [0.717, 1.165) is 63.4 Å². The van der Waals surface area contributed by atoms with Gasteiger partial charge in [-0.15, -0.1) is 10.2 Å². The molecule has 8 heteroatoms. The van der Waals surface area contributed by atoms with Crippen molar-refractivity contribution in [2.75, 3.05) is 33.2 Å². The van der Waals surface area contributed by atoms with Crippen molar-refractivity contribution in [3.8, 4) is 0 Å². The number of carbonyl (C=O) groups is 1. The van der Waals surface area contributed by atoms with E-state index in [2.05, 4.69) is 39.0 Å². The highest BCUT2D eigenvalue weighted by Gasteiger charge is 2.49. The summed E-state index contributed by atoms with van der Waals surface area (Å²) in [4.78, 5) is 17.0. The molecule has 1 aromatic heterocycles. The molecule has 1 atom stereocenters. The molecule has 1 unspecified atom stereocenters. The van der Waals surface area contributed by atoms with E-state index < -0.39 is 0 Å². The standard InChI is InChI=1S/C22H31FN6O/c1-3-10-29-16-25-26-20(29)19-14-27(2)15-22(19)8-11-28(12-9-22)21(30)24-13-17-4-6-18(23)7-5-17/h4-7,16,19H,3,8-15H2,1-2H3,(H,24,30). The van der Waals surface area contributed by atoms with Gasteiger partial charge in [0.25, 0.3) is 0 Å². The van der Waals surface area contributed by atoms with Gasteiger partial charge in [0.15, 0.2) is 0 Å². The number of rotatable bonds is 5. The summed E-state index contributed by atoms with van der Waals surface area (Å²) in [7, 11) is 2.17. The first-order valence-corrected chi connectivity index (χ1v) is 10.8. The van der Waals surface area contributed by atoms with E-state index in [-0.39, 0.29) is 17.3 Å². The fourth-order valence-corrected chi connectivity index (χ4v) is 5.07. The summed E-state index contributed by atoms with van der Waals surface area (Å²) in [6.45, 7) is 7.01. The molecule has 2 aliphatic heterocycles. The fourth-order valence-electron chi connectivity index (χ4n) is 5.07. The number of piperidine rings is 1. The number of nitrogens with zero attached hydrogens (tertiary/aromatic N) is 5. The Kier molecular flexibility index (Phi) is 6.04. The summed E-state index contributed by atoms with van der Waals surface area (Å²) >= 11 is 0. The zero-order chi connectivity index (χ0) is 21.1. The third kappa shape index (κ3) is 4.19. The Balaban J connectivity index is 1.38. The topological polar surface area (TPSA) is 66.3 Å². The molecule has 162 valence electrons. The predicted molar refractivity (Wildman–Crippen MR) is 112 cm³/mol. The quantitative estimate of drug-likeness (QED) is 0.817. The number of nitrogens with one attached hydrogen (secondary N) is 1. The van der Waals surface area contributed by atoms with E-state index in [1.165, 1.54) is 12.1 Å². The maximum absolute atomic E-state index is 13.0.